The van der Waals surface area contributed by atoms with Crippen molar-refractivity contribution in [1.82, 2.24) is 14.9 Å². The first-order chi connectivity index (χ1) is 7.58. The molecule has 0 spiro atoms. The summed E-state index contributed by atoms with van der Waals surface area (Å²) in [6.45, 7) is 8.05. The predicted octanol–water partition coefficient (Wildman–Crippen LogP) is 0.452. The molecule has 0 saturated carbocycles. The number of hydrogen-bond acceptors (Lipinski definition) is 5. The molecular weight excluding hydrogens is 206 g/mol. The van der Waals surface area contributed by atoms with Gasteiger partial charge in [-0.1, -0.05) is 13.8 Å². The second-order valence-electron chi connectivity index (χ2n) is 3.56. The fraction of sp³-hybridized carbons (Fsp3) is 0.600. The lowest BCUT2D eigenvalue weighted by Gasteiger charge is -2.27. The number of H-pyrrole nitrogens is 1. The summed E-state index contributed by atoms with van der Waals surface area (Å²) in [5.41, 5.74) is 5.20. The zero-order valence-electron chi connectivity index (χ0n) is 9.95. The van der Waals surface area contributed by atoms with Crippen LogP contribution in [0.3, 0.4) is 0 Å². The van der Waals surface area contributed by atoms with Gasteiger partial charge in [-0.25, -0.2) is 4.98 Å². The topological polar surface area (TPSA) is 87.0 Å². The minimum Gasteiger partial charge on any atom is -0.393 e. The van der Waals surface area contributed by atoms with Crippen LogP contribution in [0.5, 0.6) is 0 Å². The standard InChI is InChI=1S/C10H19N5O/c1-4-15(5-2)7(3)13-10-12-6-8(11)9(16)14-10/h6-7H,4-5,11H2,1-3H3,(H2,12,13,14,16). The Hall–Kier alpha value is -1.56. The van der Waals surface area contributed by atoms with Gasteiger partial charge in [-0.15, -0.1) is 0 Å². The molecule has 1 aromatic heterocycles. The minimum absolute atomic E-state index is 0.113. The average molecular weight is 225 g/mol. The number of nitrogens with zero attached hydrogens (tertiary/aromatic N) is 2. The summed E-state index contributed by atoms with van der Waals surface area (Å²) in [7, 11) is 0. The Balaban J connectivity index is 2.72. The highest BCUT2D eigenvalue weighted by Gasteiger charge is 2.10. The van der Waals surface area contributed by atoms with Gasteiger partial charge in [-0.3, -0.25) is 14.7 Å². The summed E-state index contributed by atoms with van der Waals surface area (Å²) >= 11 is 0. The smallest absolute Gasteiger partial charge is 0.275 e. The number of aromatic nitrogens is 2. The second kappa shape index (κ2) is 5.50. The van der Waals surface area contributed by atoms with Crippen molar-refractivity contribution in [2.75, 3.05) is 24.1 Å². The molecule has 0 aliphatic rings. The van der Waals surface area contributed by atoms with Crippen LogP contribution in [0.1, 0.15) is 20.8 Å². The van der Waals surface area contributed by atoms with Gasteiger partial charge in [0.05, 0.1) is 12.4 Å². The SMILES string of the molecule is CCN(CC)C(C)Nc1ncc(N)c(=O)[nH]1. The van der Waals surface area contributed by atoms with Crippen LogP contribution in [0.2, 0.25) is 0 Å². The summed E-state index contributed by atoms with van der Waals surface area (Å²) in [5.74, 6) is 0.443. The predicted molar refractivity (Wildman–Crippen MR) is 65.3 cm³/mol. The van der Waals surface area contributed by atoms with Crippen LogP contribution in [0, 0.1) is 0 Å². The molecule has 0 saturated heterocycles. The number of rotatable bonds is 5. The molecule has 0 aromatic carbocycles. The van der Waals surface area contributed by atoms with Crippen LogP contribution in [0.15, 0.2) is 11.0 Å². The Labute approximate surface area is 94.9 Å². The molecule has 1 aromatic rings. The molecule has 0 bridgehead atoms. The molecule has 0 fully saturated rings. The molecule has 6 nitrogen and oxygen atoms in total. The van der Waals surface area contributed by atoms with Gasteiger partial charge in [0, 0.05) is 0 Å². The Morgan fingerprint density at radius 1 is 1.56 bits per heavy atom. The molecular formula is C10H19N5O. The van der Waals surface area contributed by atoms with E-state index in [2.05, 4.69) is 34.0 Å². The molecule has 6 heteroatoms. The average Bonchev–Trinajstić information content (AvgIpc) is 2.25. The minimum atomic E-state index is -0.316. The van der Waals surface area contributed by atoms with Gasteiger partial charge >= 0.3 is 0 Å². The van der Waals surface area contributed by atoms with E-state index >= 15 is 0 Å². The molecule has 4 N–H and O–H groups in total. The summed E-state index contributed by atoms with van der Waals surface area (Å²) in [5, 5.41) is 3.12. The van der Waals surface area contributed by atoms with Crippen molar-refractivity contribution in [3.63, 3.8) is 0 Å². The molecule has 0 radical (unpaired) electrons. The van der Waals surface area contributed by atoms with Gasteiger partial charge in [0.2, 0.25) is 5.95 Å². The van der Waals surface area contributed by atoms with Crippen molar-refractivity contribution in [3.8, 4) is 0 Å². The lowest BCUT2D eigenvalue weighted by molar-refractivity contribution is 0.252. The summed E-state index contributed by atoms with van der Waals surface area (Å²) < 4.78 is 0. The van der Waals surface area contributed by atoms with Crippen LogP contribution in [0.4, 0.5) is 11.6 Å². The van der Waals surface area contributed by atoms with E-state index in [1.165, 1.54) is 6.20 Å². The maximum Gasteiger partial charge on any atom is 0.275 e. The van der Waals surface area contributed by atoms with Crippen molar-refractivity contribution < 1.29 is 0 Å². The summed E-state index contributed by atoms with van der Waals surface area (Å²) in [6, 6.07) is 0. The van der Waals surface area contributed by atoms with E-state index in [1.54, 1.807) is 0 Å². The second-order valence-corrected chi connectivity index (χ2v) is 3.56. The third kappa shape index (κ3) is 2.96. The molecule has 16 heavy (non-hydrogen) atoms. The van der Waals surface area contributed by atoms with Gasteiger partial charge in [0.1, 0.15) is 5.69 Å². The van der Waals surface area contributed by atoms with Crippen molar-refractivity contribution in [2.24, 2.45) is 0 Å². The monoisotopic (exact) mass is 225 g/mol. The van der Waals surface area contributed by atoms with Gasteiger partial charge in [0.15, 0.2) is 0 Å². The van der Waals surface area contributed by atoms with E-state index < -0.39 is 0 Å². The maximum absolute atomic E-state index is 11.3. The van der Waals surface area contributed by atoms with E-state index in [-0.39, 0.29) is 17.4 Å². The largest absolute Gasteiger partial charge is 0.393 e. The van der Waals surface area contributed by atoms with Crippen LogP contribution in [-0.2, 0) is 0 Å². The van der Waals surface area contributed by atoms with E-state index in [4.69, 9.17) is 5.73 Å². The van der Waals surface area contributed by atoms with E-state index in [0.717, 1.165) is 13.1 Å². The lowest BCUT2D eigenvalue weighted by Crippen LogP contribution is -2.39. The van der Waals surface area contributed by atoms with Gasteiger partial charge in [-0.2, -0.15) is 0 Å². The Kier molecular flexibility index (Phi) is 4.30. The number of nitrogen functional groups attached to an aromatic ring is 1. The highest BCUT2D eigenvalue weighted by molar-refractivity contribution is 5.36. The molecule has 1 unspecified atom stereocenters. The quantitative estimate of drug-likeness (QED) is 0.633. The third-order valence-corrected chi connectivity index (χ3v) is 2.53. The van der Waals surface area contributed by atoms with Crippen LogP contribution in [0.25, 0.3) is 0 Å². The van der Waals surface area contributed by atoms with Crippen LogP contribution < -0.4 is 16.6 Å². The van der Waals surface area contributed by atoms with Gasteiger partial charge in [-0.05, 0) is 20.0 Å². The molecule has 0 amide bonds. The number of nitrogens with one attached hydrogen (secondary N) is 2. The van der Waals surface area contributed by atoms with Gasteiger partial charge in [0.25, 0.3) is 5.56 Å². The highest BCUT2D eigenvalue weighted by atomic mass is 16.1. The van der Waals surface area contributed by atoms with Crippen LogP contribution in [-0.4, -0.2) is 34.1 Å². The van der Waals surface area contributed by atoms with Crippen LogP contribution >= 0.6 is 0 Å². The molecule has 0 aliphatic heterocycles. The van der Waals surface area contributed by atoms with Crippen molar-refractivity contribution in [1.29, 1.82) is 0 Å². The lowest BCUT2D eigenvalue weighted by atomic mass is 10.4. The first-order valence-corrected chi connectivity index (χ1v) is 5.43. The highest BCUT2D eigenvalue weighted by Crippen LogP contribution is 2.02. The normalized spacial score (nSPS) is 12.8. The molecule has 90 valence electrons. The van der Waals surface area contributed by atoms with E-state index in [0.29, 0.717) is 5.95 Å². The fourth-order valence-electron chi connectivity index (χ4n) is 1.54. The van der Waals surface area contributed by atoms with Gasteiger partial charge < -0.3 is 11.1 Å². The first-order valence-electron chi connectivity index (χ1n) is 5.43. The Morgan fingerprint density at radius 3 is 2.69 bits per heavy atom. The number of aromatic amines is 1. The number of nitrogens with two attached hydrogens (primary N) is 1. The van der Waals surface area contributed by atoms with E-state index in [1.807, 2.05) is 6.92 Å². The van der Waals surface area contributed by atoms with E-state index in [9.17, 15) is 4.79 Å². The summed E-state index contributed by atoms with van der Waals surface area (Å²) in [6.07, 6.45) is 1.47. The van der Waals surface area contributed by atoms with Crippen molar-refractivity contribution in [3.05, 3.63) is 16.6 Å². The zero-order valence-corrected chi connectivity index (χ0v) is 9.95. The van der Waals surface area contributed by atoms with Crippen molar-refractivity contribution >= 4 is 11.6 Å². The maximum atomic E-state index is 11.3. The molecule has 1 atom stereocenters. The first kappa shape index (κ1) is 12.5. The number of hydrogen-bond donors (Lipinski definition) is 3. The zero-order chi connectivity index (χ0) is 12.1. The summed E-state index contributed by atoms with van der Waals surface area (Å²) in [4.78, 5) is 20.1. The Bertz CT molecular complexity index is 385. The molecule has 1 heterocycles. The Morgan fingerprint density at radius 2 is 2.19 bits per heavy atom. The van der Waals surface area contributed by atoms with Crippen molar-refractivity contribution in [2.45, 2.75) is 26.9 Å². The fourth-order valence-corrected chi connectivity index (χ4v) is 1.54. The number of anilines is 2. The molecule has 0 aliphatic carbocycles. The third-order valence-electron chi connectivity index (χ3n) is 2.53. The molecule has 1 rings (SSSR count).